The summed E-state index contributed by atoms with van der Waals surface area (Å²) in [5.41, 5.74) is 5.17. The molecule has 132 valence electrons. The molecule has 0 aromatic heterocycles. The highest BCUT2D eigenvalue weighted by atomic mass is 19.4. The minimum absolute atomic E-state index is 0.0343. The minimum Gasteiger partial charge on any atom is -0.370 e. The van der Waals surface area contributed by atoms with Gasteiger partial charge in [-0.2, -0.15) is 13.2 Å². The summed E-state index contributed by atoms with van der Waals surface area (Å²) in [6, 6.07) is -0.707. The van der Waals surface area contributed by atoms with Crippen molar-refractivity contribution in [3.63, 3.8) is 0 Å². The van der Waals surface area contributed by atoms with Crippen molar-refractivity contribution >= 4 is 11.9 Å². The quantitative estimate of drug-likeness (QED) is 0.831. The summed E-state index contributed by atoms with van der Waals surface area (Å²) in [4.78, 5) is 24.7. The Kier molecular flexibility index (Phi) is 5.75. The molecule has 2 aliphatic rings. The zero-order valence-electron chi connectivity index (χ0n) is 13.1. The van der Waals surface area contributed by atoms with Crippen molar-refractivity contribution < 1.29 is 22.8 Å². The number of amides is 3. The molecule has 23 heavy (non-hydrogen) atoms. The SMILES string of the molecule is NC(=O)CC1CCN(C(=O)N[C@@H]2CCC[C@@H](C(F)(F)F)C2)CC1. The lowest BCUT2D eigenvalue weighted by molar-refractivity contribution is -0.183. The molecule has 0 aromatic rings. The Balaban J connectivity index is 1.78. The van der Waals surface area contributed by atoms with E-state index in [2.05, 4.69) is 5.32 Å². The molecule has 3 amide bonds. The van der Waals surface area contributed by atoms with E-state index in [1.165, 1.54) is 0 Å². The fourth-order valence-electron chi connectivity index (χ4n) is 3.51. The van der Waals surface area contributed by atoms with Gasteiger partial charge < -0.3 is 16.0 Å². The Morgan fingerprint density at radius 2 is 1.78 bits per heavy atom. The molecule has 8 heteroatoms. The molecule has 0 unspecified atom stereocenters. The molecular weight excluding hydrogens is 311 g/mol. The third-order valence-corrected chi connectivity index (χ3v) is 4.86. The second-order valence-corrected chi connectivity index (χ2v) is 6.65. The second-order valence-electron chi connectivity index (χ2n) is 6.65. The number of carbonyl (C=O) groups excluding carboxylic acids is 2. The highest BCUT2D eigenvalue weighted by Crippen LogP contribution is 2.37. The van der Waals surface area contributed by atoms with Crippen molar-refractivity contribution in [3.05, 3.63) is 0 Å². The summed E-state index contributed by atoms with van der Waals surface area (Å²) >= 11 is 0. The summed E-state index contributed by atoms with van der Waals surface area (Å²) in [6.45, 7) is 1.03. The van der Waals surface area contributed by atoms with Gasteiger partial charge in [0.2, 0.25) is 5.91 Å². The molecule has 1 saturated carbocycles. The molecule has 2 atom stereocenters. The number of hydrogen-bond acceptors (Lipinski definition) is 2. The van der Waals surface area contributed by atoms with Gasteiger partial charge >= 0.3 is 12.2 Å². The molecule has 0 radical (unpaired) electrons. The maximum absolute atomic E-state index is 12.8. The molecule has 5 nitrogen and oxygen atoms in total. The van der Waals surface area contributed by atoms with Crippen molar-refractivity contribution in [1.82, 2.24) is 10.2 Å². The summed E-state index contributed by atoms with van der Waals surface area (Å²) < 4.78 is 38.4. The smallest absolute Gasteiger partial charge is 0.370 e. The summed E-state index contributed by atoms with van der Waals surface area (Å²) in [7, 11) is 0. The Hall–Kier alpha value is -1.47. The van der Waals surface area contributed by atoms with Crippen LogP contribution >= 0.6 is 0 Å². The Morgan fingerprint density at radius 1 is 1.13 bits per heavy atom. The van der Waals surface area contributed by atoms with Crippen LogP contribution in [0.2, 0.25) is 0 Å². The maximum Gasteiger partial charge on any atom is 0.391 e. The number of halogens is 3. The number of nitrogens with zero attached hydrogens (tertiary/aromatic N) is 1. The average Bonchev–Trinajstić information content (AvgIpc) is 2.46. The summed E-state index contributed by atoms with van der Waals surface area (Å²) in [6.07, 6.45) is -1.27. The highest BCUT2D eigenvalue weighted by Gasteiger charge is 2.42. The van der Waals surface area contributed by atoms with Crippen LogP contribution in [0.1, 0.15) is 44.9 Å². The molecule has 0 aromatic carbocycles. The first-order valence-corrected chi connectivity index (χ1v) is 8.16. The number of alkyl halides is 3. The van der Waals surface area contributed by atoms with Gasteiger partial charge in [-0.25, -0.2) is 4.79 Å². The number of primary amides is 1. The van der Waals surface area contributed by atoms with Crippen molar-refractivity contribution in [2.75, 3.05) is 13.1 Å². The van der Waals surface area contributed by atoms with Crippen LogP contribution in [0, 0.1) is 11.8 Å². The van der Waals surface area contributed by atoms with E-state index in [0.717, 1.165) is 0 Å². The van der Waals surface area contributed by atoms with Gasteiger partial charge in [0, 0.05) is 25.6 Å². The van der Waals surface area contributed by atoms with Gasteiger partial charge in [-0.15, -0.1) is 0 Å². The molecular formula is C15H24F3N3O2. The first-order valence-electron chi connectivity index (χ1n) is 8.16. The van der Waals surface area contributed by atoms with Crippen LogP contribution < -0.4 is 11.1 Å². The maximum atomic E-state index is 12.8. The van der Waals surface area contributed by atoms with E-state index >= 15 is 0 Å². The van der Waals surface area contributed by atoms with Gasteiger partial charge in [-0.05, 0) is 38.0 Å². The van der Waals surface area contributed by atoms with E-state index in [9.17, 15) is 22.8 Å². The number of carbonyl (C=O) groups is 2. The largest absolute Gasteiger partial charge is 0.391 e. The van der Waals surface area contributed by atoms with Crippen molar-refractivity contribution in [1.29, 1.82) is 0 Å². The van der Waals surface area contributed by atoms with E-state index in [1.807, 2.05) is 0 Å². The molecule has 2 fully saturated rings. The number of likely N-dealkylation sites (tertiary alicyclic amines) is 1. The second kappa shape index (κ2) is 7.40. The van der Waals surface area contributed by atoms with Gasteiger partial charge in [-0.3, -0.25) is 4.79 Å². The Bertz CT molecular complexity index is 434. The molecule has 0 bridgehead atoms. The molecule has 0 spiro atoms. The van der Waals surface area contributed by atoms with Gasteiger partial charge in [0.15, 0.2) is 0 Å². The topological polar surface area (TPSA) is 75.4 Å². The van der Waals surface area contributed by atoms with E-state index in [4.69, 9.17) is 5.73 Å². The zero-order chi connectivity index (χ0) is 17.0. The first kappa shape index (κ1) is 17.9. The van der Waals surface area contributed by atoms with Crippen LogP contribution in [0.3, 0.4) is 0 Å². The predicted molar refractivity (Wildman–Crippen MR) is 78.4 cm³/mol. The molecule has 1 aliphatic heterocycles. The van der Waals surface area contributed by atoms with Crippen LogP contribution in [-0.4, -0.2) is 42.1 Å². The lowest BCUT2D eigenvalue weighted by atomic mass is 9.85. The number of urea groups is 1. The molecule has 1 saturated heterocycles. The van der Waals surface area contributed by atoms with Crippen LogP contribution in [-0.2, 0) is 4.79 Å². The number of nitrogens with two attached hydrogens (primary N) is 1. The number of rotatable bonds is 3. The lowest BCUT2D eigenvalue weighted by Gasteiger charge is -2.35. The number of piperidine rings is 1. The first-order chi connectivity index (χ1) is 10.8. The van der Waals surface area contributed by atoms with Crippen molar-refractivity contribution in [2.45, 2.75) is 57.2 Å². The van der Waals surface area contributed by atoms with Gasteiger partial charge in [-0.1, -0.05) is 6.42 Å². The fourth-order valence-corrected chi connectivity index (χ4v) is 3.51. The highest BCUT2D eigenvalue weighted by molar-refractivity contribution is 5.75. The fraction of sp³-hybridized carbons (Fsp3) is 0.867. The van der Waals surface area contributed by atoms with Crippen LogP contribution in [0.5, 0.6) is 0 Å². The van der Waals surface area contributed by atoms with Crippen molar-refractivity contribution in [3.8, 4) is 0 Å². The van der Waals surface area contributed by atoms with Gasteiger partial charge in [0.25, 0.3) is 0 Å². The molecule has 1 heterocycles. The number of nitrogens with one attached hydrogen (secondary N) is 1. The van der Waals surface area contributed by atoms with E-state index < -0.39 is 18.1 Å². The zero-order valence-corrected chi connectivity index (χ0v) is 13.1. The van der Waals surface area contributed by atoms with Crippen LogP contribution in [0.25, 0.3) is 0 Å². The minimum atomic E-state index is -4.18. The standard InChI is InChI=1S/C15H24F3N3O2/c16-15(17,18)11-2-1-3-12(9-11)20-14(23)21-6-4-10(5-7-21)8-13(19)22/h10-12H,1-9H2,(H2,19,22)(H,20,23)/t11-,12-/m1/s1. The van der Waals surface area contributed by atoms with E-state index in [0.29, 0.717) is 45.2 Å². The third-order valence-electron chi connectivity index (χ3n) is 4.86. The molecule has 1 aliphatic carbocycles. The Morgan fingerprint density at radius 3 is 2.35 bits per heavy atom. The predicted octanol–water partition coefficient (Wildman–Crippen LogP) is 2.40. The van der Waals surface area contributed by atoms with Crippen LogP contribution in [0.4, 0.5) is 18.0 Å². The molecule has 3 N–H and O–H groups in total. The third kappa shape index (κ3) is 5.28. The average molecular weight is 335 g/mol. The van der Waals surface area contributed by atoms with Gasteiger partial charge in [0.05, 0.1) is 5.92 Å². The Labute approximate surface area is 133 Å². The summed E-state index contributed by atoms with van der Waals surface area (Å²) in [5, 5.41) is 2.74. The van der Waals surface area contributed by atoms with Crippen LogP contribution in [0.15, 0.2) is 0 Å². The van der Waals surface area contributed by atoms with E-state index in [-0.39, 0.29) is 30.7 Å². The summed E-state index contributed by atoms with van der Waals surface area (Å²) in [5.74, 6) is -1.46. The molecule has 2 rings (SSSR count). The number of hydrogen-bond donors (Lipinski definition) is 2. The van der Waals surface area contributed by atoms with E-state index in [1.54, 1.807) is 4.90 Å². The monoisotopic (exact) mass is 335 g/mol. The lowest BCUT2D eigenvalue weighted by Crippen LogP contribution is -2.49. The van der Waals surface area contributed by atoms with Gasteiger partial charge in [0.1, 0.15) is 0 Å². The van der Waals surface area contributed by atoms with Crippen molar-refractivity contribution in [2.24, 2.45) is 17.6 Å². The normalized spacial score (nSPS) is 26.8.